The lowest BCUT2D eigenvalue weighted by Crippen LogP contribution is -2.51. The lowest BCUT2D eigenvalue weighted by molar-refractivity contribution is 0.0709. The Labute approximate surface area is 206 Å². The van der Waals surface area contributed by atoms with Crippen molar-refractivity contribution in [3.05, 3.63) is 58.7 Å². The molecule has 5 rings (SSSR count). The van der Waals surface area contributed by atoms with Crippen LogP contribution in [0, 0.1) is 12.7 Å². The molecule has 0 bridgehead atoms. The van der Waals surface area contributed by atoms with E-state index in [1.807, 2.05) is 24.0 Å². The number of rotatable bonds is 5. The number of hydrogen-bond acceptors (Lipinski definition) is 4. The fraction of sp³-hybridized carbons (Fsp3) is 0.500. The molecule has 6 nitrogen and oxygen atoms in total. The minimum absolute atomic E-state index is 0.0360. The van der Waals surface area contributed by atoms with Crippen LogP contribution in [0.4, 0.5) is 4.39 Å². The van der Waals surface area contributed by atoms with Gasteiger partial charge in [-0.05, 0) is 43.9 Å². The van der Waals surface area contributed by atoms with Gasteiger partial charge in [0.15, 0.2) is 0 Å². The SMILES string of the molecule is COc1cc2c(cn1)c(C(=O)N1CCN[C@@H](C)C1)c(Cc1cccc(F)c1C)n2C1CCCCC1. The van der Waals surface area contributed by atoms with Gasteiger partial charge in [0.25, 0.3) is 5.91 Å². The number of carbonyl (C=O) groups excluding carboxylic acids is 1. The Hall–Kier alpha value is -2.93. The number of pyridine rings is 1. The summed E-state index contributed by atoms with van der Waals surface area (Å²) in [5, 5.41) is 4.28. The van der Waals surface area contributed by atoms with Gasteiger partial charge in [0, 0.05) is 61.5 Å². The van der Waals surface area contributed by atoms with E-state index in [0.29, 0.717) is 42.6 Å². The maximum Gasteiger partial charge on any atom is 0.256 e. The van der Waals surface area contributed by atoms with Crippen LogP contribution < -0.4 is 10.1 Å². The first kappa shape index (κ1) is 23.8. The summed E-state index contributed by atoms with van der Waals surface area (Å²) in [6.07, 6.45) is 8.01. The summed E-state index contributed by atoms with van der Waals surface area (Å²) in [5.41, 5.74) is 4.20. The first-order valence-electron chi connectivity index (χ1n) is 12.8. The normalized spacial score (nSPS) is 19.3. The highest BCUT2D eigenvalue weighted by Crippen LogP contribution is 2.39. The molecule has 1 N–H and O–H groups in total. The van der Waals surface area contributed by atoms with Crippen molar-refractivity contribution in [1.29, 1.82) is 0 Å². The molecule has 2 aromatic heterocycles. The van der Waals surface area contributed by atoms with Crippen molar-refractivity contribution in [2.45, 2.75) is 64.5 Å². The summed E-state index contributed by atoms with van der Waals surface area (Å²) in [5.74, 6) is 0.360. The van der Waals surface area contributed by atoms with E-state index < -0.39 is 0 Å². The number of ether oxygens (including phenoxy) is 1. The Morgan fingerprint density at radius 1 is 1.26 bits per heavy atom. The van der Waals surface area contributed by atoms with E-state index in [1.54, 1.807) is 19.4 Å². The van der Waals surface area contributed by atoms with E-state index in [-0.39, 0.29) is 17.8 Å². The smallest absolute Gasteiger partial charge is 0.256 e. The largest absolute Gasteiger partial charge is 0.481 e. The zero-order valence-electron chi connectivity index (χ0n) is 20.9. The van der Waals surface area contributed by atoms with Gasteiger partial charge in [-0.15, -0.1) is 0 Å². The van der Waals surface area contributed by atoms with Gasteiger partial charge in [-0.2, -0.15) is 0 Å². The zero-order valence-corrected chi connectivity index (χ0v) is 20.9. The fourth-order valence-corrected chi connectivity index (χ4v) is 5.82. The van der Waals surface area contributed by atoms with Crippen LogP contribution in [0.25, 0.3) is 10.9 Å². The van der Waals surface area contributed by atoms with Gasteiger partial charge in [-0.3, -0.25) is 4.79 Å². The van der Waals surface area contributed by atoms with E-state index >= 15 is 0 Å². The molecule has 1 amide bonds. The van der Waals surface area contributed by atoms with Gasteiger partial charge in [0.1, 0.15) is 5.82 Å². The maximum absolute atomic E-state index is 14.5. The summed E-state index contributed by atoms with van der Waals surface area (Å²) in [4.78, 5) is 20.6. The molecule has 1 saturated carbocycles. The highest BCUT2D eigenvalue weighted by molar-refractivity contribution is 6.08. The molecule has 35 heavy (non-hydrogen) atoms. The van der Waals surface area contributed by atoms with Crippen LogP contribution in [0.15, 0.2) is 30.5 Å². The van der Waals surface area contributed by atoms with E-state index in [4.69, 9.17) is 4.74 Å². The molecule has 1 aliphatic heterocycles. The molecule has 1 saturated heterocycles. The average Bonchev–Trinajstić information content (AvgIpc) is 3.19. The second-order valence-electron chi connectivity index (χ2n) is 10.0. The molecule has 186 valence electrons. The van der Waals surface area contributed by atoms with Gasteiger partial charge in [-0.25, -0.2) is 9.37 Å². The van der Waals surface area contributed by atoms with Gasteiger partial charge in [-0.1, -0.05) is 31.4 Å². The number of halogens is 1. The number of hydrogen-bond donors (Lipinski definition) is 1. The third kappa shape index (κ3) is 4.54. The van der Waals surface area contributed by atoms with Crippen LogP contribution in [-0.4, -0.2) is 53.1 Å². The van der Waals surface area contributed by atoms with Crippen molar-refractivity contribution in [3.8, 4) is 5.88 Å². The molecule has 0 unspecified atom stereocenters. The Balaban J connectivity index is 1.73. The molecule has 1 aromatic carbocycles. The van der Waals surface area contributed by atoms with Crippen molar-refractivity contribution >= 4 is 16.8 Å². The number of amides is 1. The first-order valence-corrected chi connectivity index (χ1v) is 12.8. The van der Waals surface area contributed by atoms with E-state index in [9.17, 15) is 9.18 Å². The second kappa shape index (κ2) is 9.97. The summed E-state index contributed by atoms with van der Waals surface area (Å²) in [6.45, 7) is 6.04. The summed E-state index contributed by atoms with van der Waals surface area (Å²) in [6, 6.07) is 7.73. The fourth-order valence-electron chi connectivity index (χ4n) is 5.82. The quantitative estimate of drug-likeness (QED) is 0.559. The van der Waals surface area contributed by atoms with Gasteiger partial charge in [0.2, 0.25) is 5.88 Å². The lowest BCUT2D eigenvalue weighted by atomic mass is 9.94. The van der Waals surface area contributed by atoms with Crippen molar-refractivity contribution in [2.24, 2.45) is 0 Å². The number of benzene rings is 1. The summed E-state index contributed by atoms with van der Waals surface area (Å²) >= 11 is 0. The van der Waals surface area contributed by atoms with Crippen molar-refractivity contribution in [3.63, 3.8) is 0 Å². The standard InChI is InChI=1S/C28H35FN4O2/c1-18-17-32(13-12-30-18)28(34)27-22-16-31-26(35-3)15-24(22)33(21-9-5-4-6-10-21)25(27)14-20-8-7-11-23(29)19(20)2/h7-8,11,15-16,18,21,30H,4-6,9-10,12-14,17H2,1-3H3/t18-/m0/s1. The monoisotopic (exact) mass is 478 g/mol. The van der Waals surface area contributed by atoms with E-state index in [2.05, 4.69) is 21.8 Å². The Bertz CT molecular complexity index is 1230. The molecule has 2 fully saturated rings. The molecule has 1 atom stereocenters. The predicted octanol–water partition coefficient (Wildman–Crippen LogP) is 5.02. The number of nitrogens with one attached hydrogen (secondary N) is 1. The third-order valence-corrected chi connectivity index (χ3v) is 7.72. The lowest BCUT2D eigenvalue weighted by Gasteiger charge is -2.32. The summed E-state index contributed by atoms with van der Waals surface area (Å²) < 4.78 is 22.4. The van der Waals surface area contributed by atoms with Crippen molar-refractivity contribution in [1.82, 2.24) is 19.8 Å². The predicted molar refractivity (Wildman–Crippen MR) is 136 cm³/mol. The Kier molecular flexibility index (Phi) is 6.78. The van der Waals surface area contributed by atoms with Crippen LogP contribution in [0.2, 0.25) is 0 Å². The highest BCUT2D eigenvalue weighted by Gasteiger charge is 2.32. The number of carbonyl (C=O) groups is 1. The number of methoxy groups -OCH3 is 1. The van der Waals surface area contributed by atoms with Crippen molar-refractivity contribution < 1.29 is 13.9 Å². The topological polar surface area (TPSA) is 59.4 Å². The van der Waals surface area contributed by atoms with Crippen LogP contribution in [0.3, 0.4) is 0 Å². The van der Waals surface area contributed by atoms with Crippen LogP contribution >= 0.6 is 0 Å². The summed E-state index contributed by atoms with van der Waals surface area (Å²) in [7, 11) is 1.62. The highest BCUT2D eigenvalue weighted by atomic mass is 19.1. The molecule has 0 spiro atoms. The minimum Gasteiger partial charge on any atom is -0.481 e. The Morgan fingerprint density at radius 2 is 2.06 bits per heavy atom. The molecule has 1 aliphatic carbocycles. The third-order valence-electron chi connectivity index (χ3n) is 7.72. The maximum atomic E-state index is 14.5. The van der Waals surface area contributed by atoms with Gasteiger partial charge in [0.05, 0.1) is 18.2 Å². The number of nitrogens with zero attached hydrogens (tertiary/aromatic N) is 3. The van der Waals surface area contributed by atoms with Crippen LogP contribution in [-0.2, 0) is 6.42 Å². The first-order chi connectivity index (χ1) is 17.0. The second-order valence-corrected chi connectivity index (χ2v) is 10.0. The number of aromatic nitrogens is 2. The van der Waals surface area contributed by atoms with E-state index in [0.717, 1.165) is 41.5 Å². The Morgan fingerprint density at radius 3 is 2.80 bits per heavy atom. The molecule has 0 radical (unpaired) electrons. The molecular weight excluding hydrogens is 443 g/mol. The van der Waals surface area contributed by atoms with Crippen LogP contribution in [0.5, 0.6) is 5.88 Å². The molecule has 3 aromatic rings. The van der Waals surface area contributed by atoms with Crippen LogP contribution in [0.1, 0.15) is 72.2 Å². The average molecular weight is 479 g/mol. The molecule has 7 heteroatoms. The zero-order chi connectivity index (χ0) is 24.5. The van der Waals surface area contributed by atoms with Crippen molar-refractivity contribution in [2.75, 3.05) is 26.7 Å². The number of fused-ring (bicyclic) bond motifs is 1. The molecule has 3 heterocycles. The minimum atomic E-state index is -0.213. The van der Waals surface area contributed by atoms with Gasteiger partial charge >= 0.3 is 0 Å². The molecular formula is C28H35FN4O2. The number of piperazine rings is 1. The molecule has 2 aliphatic rings. The van der Waals surface area contributed by atoms with E-state index in [1.165, 1.54) is 25.3 Å². The van der Waals surface area contributed by atoms with Gasteiger partial charge < -0.3 is 19.5 Å².